The number of aromatic nitrogens is 2. The molecule has 0 aliphatic heterocycles. The van der Waals surface area contributed by atoms with E-state index in [0.29, 0.717) is 28.1 Å². The first-order valence-electron chi connectivity index (χ1n) is 8.19. The average molecular weight is 390 g/mol. The van der Waals surface area contributed by atoms with Crippen molar-refractivity contribution in [3.63, 3.8) is 0 Å². The van der Waals surface area contributed by atoms with Gasteiger partial charge in [0.2, 0.25) is 5.88 Å². The van der Waals surface area contributed by atoms with Gasteiger partial charge in [0, 0.05) is 17.5 Å². The van der Waals surface area contributed by atoms with Gasteiger partial charge in [-0.3, -0.25) is 0 Å². The zero-order valence-corrected chi connectivity index (χ0v) is 15.6. The van der Waals surface area contributed by atoms with E-state index in [4.69, 9.17) is 4.74 Å². The van der Waals surface area contributed by atoms with E-state index in [1.165, 1.54) is 17.8 Å². The zero-order valence-electron chi connectivity index (χ0n) is 14.7. The SMILES string of the molecule is Cc1cccc(Oc2cc(C)nc(SCc3cccc(C(F)(F)F)c3)n2)c1. The van der Waals surface area contributed by atoms with Gasteiger partial charge in [0.05, 0.1) is 5.56 Å². The van der Waals surface area contributed by atoms with Crippen LogP contribution in [0.2, 0.25) is 0 Å². The summed E-state index contributed by atoms with van der Waals surface area (Å²) in [4.78, 5) is 8.68. The Balaban J connectivity index is 1.73. The van der Waals surface area contributed by atoms with Crippen LogP contribution < -0.4 is 4.74 Å². The number of halogens is 3. The van der Waals surface area contributed by atoms with Crippen molar-refractivity contribution in [2.75, 3.05) is 0 Å². The van der Waals surface area contributed by atoms with Gasteiger partial charge in [0.25, 0.3) is 0 Å². The minimum atomic E-state index is -4.35. The molecule has 27 heavy (non-hydrogen) atoms. The zero-order chi connectivity index (χ0) is 19.4. The summed E-state index contributed by atoms with van der Waals surface area (Å²) in [5.74, 6) is 1.40. The normalized spacial score (nSPS) is 11.4. The largest absolute Gasteiger partial charge is 0.439 e. The molecule has 0 amide bonds. The second-order valence-corrected chi connectivity index (χ2v) is 6.98. The van der Waals surface area contributed by atoms with E-state index in [1.54, 1.807) is 12.1 Å². The van der Waals surface area contributed by atoms with Crippen molar-refractivity contribution in [1.82, 2.24) is 9.97 Å². The van der Waals surface area contributed by atoms with Crippen LogP contribution in [0.25, 0.3) is 0 Å². The Morgan fingerprint density at radius 2 is 1.74 bits per heavy atom. The third-order valence-electron chi connectivity index (χ3n) is 3.64. The highest BCUT2D eigenvalue weighted by atomic mass is 32.2. The molecule has 0 saturated heterocycles. The van der Waals surface area contributed by atoms with Gasteiger partial charge in [-0.05, 0) is 43.2 Å². The van der Waals surface area contributed by atoms with E-state index >= 15 is 0 Å². The minimum Gasteiger partial charge on any atom is -0.439 e. The van der Waals surface area contributed by atoms with Crippen LogP contribution in [0, 0.1) is 13.8 Å². The number of hydrogen-bond donors (Lipinski definition) is 0. The molecular formula is C20H17F3N2OS. The van der Waals surface area contributed by atoms with E-state index in [2.05, 4.69) is 9.97 Å². The summed E-state index contributed by atoms with van der Waals surface area (Å²) in [6.45, 7) is 3.79. The van der Waals surface area contributed by atoms with Crippen molar-refractivity contribution in [2.24, 2.45) is 0 Å². The van der Waals surface area contributed by atoms with Gasteiger partial charge in [-0.1, -0.05) is 42.1 Å². The maximum Gasteiger partial charge on any atom is 0.416 e. The van der Waals surface area contributed by atoms with Crippen LogP contribution >= 0.6 is 11.8 Å². The van der Waals surface area contributed by atoms with Crippen LogP contribution in [0.1, 0.15) is 22.4 Å². The lowest BCUT2D eigenvalue weighted by Gasteiger charge is -2.09. The summed E-state index contributed by atoms with van der Waals surface area (Å²) in [5.41, 5.74) is 1.69. The van der Waals surface area contributed by atoms with Gasteiger partial charge in [0.15, 0.2) is 5.16 Å². The predicted molar refractivity (Wildman–Crippen MR) is 99.0 cm³/mol. The molecule has 0 unspecified atom stereocenters. The maximum atomic E-state index is 12.8. The number of hydrogen-bond acceptors (Lipinski definition) is 4. The molecule has 140 valence electrons. The lowest BCUT2D eigenvalue weighted by atomic mass is 10.1. The van der Waals surface area contributed by atoms with Crippen LogP contribution in [0.3, 0.4) is 0 Å². The van der Waals surface area contributed by atoms with Gasteiger partial charge in [-0.2, -0.15) is 18.2 Å². The molecule has 0 aliphatic carbocycles. The van der Waals surface area contributed by atoms with Crippen LogP contribution in [0.5, 0.6) is 11.6 Å². The molecule has 0 N–H and O–H groups in total. The maximum absolute atomic E-state index is 12.8. The number of aryl methyl sites for hydroxylation is 2. The quantitative estimate of drug-likeness (QED) is 0.384. The number of nitrogens with zero attached hydrogens (tertiary/aromatic N) is 2. The molecule has 7 heteroatoms. The molecule has 1 aromatic heterocycles. The van der Waals surface area contributed by atoms with Crippen molar-refractivity contribution < 1.29 is 17.9 Å². The summed E-state index contributed by atoms with van der Waals surface area (Å²) in [7, 11) is 0. The molecule has 3 nitrogen and oxygen atoms in total. The predicted octanol–water partition coefficient (Wildman–Crippen LogP) is 6.20. The van der Waals surface area contributed by atoms with E-state index < -0.39 is 11.7 Å². The summed E-state index contributed by atoms with van der Waals surface area (Å²) >= 11 is 1.27. The Morgan fingerprint density at radius 1 is 0.963 bits per heavy atom. The van der Waals surface area contributed by atoms with Crippen molar-refractivity contribution in [2.45, 2.75) is 30.9 Å². The Labute approximate surface area is 159 Å². The molecule has 1 heterocycles. The fourth-order valence-corrected chi connectivity index (χ4v) is 3.25. The fourth-order valence-electron chi connectivity index (χ4n) is 2.42. The molecule has 0 spiro atoms. The topological polar surface area (TPSA) is 35.0 Å². The highest BCUT2D eigenvalue weighted by molar-refractivity contribution is 7.98. The van der Waals surface area contributed by atoms with Crippen LogP contribution in [0.4, 0.5) is 13.2 Å². The highest BCUT2D eigenvalue weighted by Gasteiger charge is 2.30. The Bertz CT molecular complexity index is 945. The van der Waals surface area contributed by atoms with Crippen LogP contribution in [0.15, 0.2) is 59.8 Å². The van der Waals surface area contributed by atoms with E-state index in [0.717, 1.165) is 23.4 Å². The fraction of sp³-hybridized carbons (Fsp3) is 0.200. The second kappa shape index (κ2) is 8.00. The summed E-state index contributed by atoms with van der Waals surface area (Å²) in [6, 6.07) is 14.6. The smallest absolute Gasteiger partial charge is 0.416 e. The van der Waals surface area contributed by atoms with Gasteiger partial charge >= 0.3 is 6.18 Å². The van der Waals surface area contributed by atoms with Crippen molar-refractivity contribution in [3.8, 4) is 11.6 Å². The summed E-state index contributed by atoms with van der Waals surface area (Å²) in [5, 5.41) is 0.454. The third kappa shape index (κ3) is 5.47. The first kappa shape index (κ1) is 19.2. The van der Waals surface area contributed by atoms with Gasteiger partial charge in [0.1, 0.15) is 5.75 Å². The van der Waals surface area contributed by atoms with Crippen LogP contribution in [-0.4, -0.2) is 9.97 Å². The second-order valence-electron chi connectivity index (χ2n) is 6.04. The first-order valence-corrected chi connectivity index (χ1v) is 9.17. The molecule has 0 radical (unpaired) electrons. The Hall–Kier alpha value is -2.54. The van der Waals surface area contributed by atoms with Crippen molar-refractivity contribution in [1.29, 1.82) is 0 Å². The Kier molecular flexibility index (Phi) is 5.70. The van der Waals surface area contributed by atoms with Gasteiger partial charge in [-0.15, -0.1) is 0 Å². The molecule has 3 rings (SSSR count). The third-order valence-corrected chi connectivity index (χ3v) is 4.56. The van der Waals surface area contributed by atoms with Crippen molar-refractivity contribution in [3.05, 3.63) is 77.0 Å². The number of rotatable bonds is 5. The highest BCUT2D eigenvalue weighted by Crippen LogP contribution is 2.31. The number of ether oxygens (including phenoxy) is 1. The lowest BCUT2D eigenvalue weighted by molar-refractivity contribution is -0.137. The molecule has 0 fully saturated rings. The number of alkyl halides is 3. The van der Waals surface area contributed by atoms with Crippen molar-refractivity contribution >= 4 is 11.8 Å². The lowest BCUT2D eigenvalue weighted by Crippen LogP contribution is -2.05. The molecule has 0 atom stereocenters. The molecule has 0 saturated carbocycles. The molecule has 0 aliphatic rings. The van der Waals surface area contributed by atoms with Gasteiger partial charge in [-0.25, -0.2) is 4.98 Å². The van der Waals surface area contributed by atoms with Crippen LogP contribution in [-0.2, 0) is 11.9 Å². The number of benzene rings is 2. The minimum absolute atomic E-state index is 0.331. The molecule has 3 aromatic rings. The first-order chi connectivity index (χ1) is 12.8. The molecule has 0 bridgehead atoms. The average Bonchev–Trinajstić information content (AvgIpc) is 2.59. The van der Waals surface area contributed by atoms with Gasteiger partial charge < -0.3 is 4.74 Å². The van der Waals surface area contributed by atoms with E-state index in [1.807, 2.05) is 38.1 Å². The molecular weight excluding hydrogens is 373 g/mol. The van der Waals surface area contributed by atoms with E-state index in [9.17, 15) is 13.2 Å². The monoisotopic (exact) mass is 390 g/mol. The number of thioether (sulfide) groups is 1. The summed E-state index contributed by atoms with van der Waals surface area (Å²) in [6.07, 6.45) is -4.35. The summed E-state index contributed by atoms with van der Waals surface area (Å²) < 4.78 is 44.3. The van der Waals surface area contributed by atoms with E-state index in [-0.39, 0.29) is 0 Å². The molecule has 2 aromatic carbocycles. The Morgan fingerprint density at radius 3 is 2.48 bits per heavy atom. The standard InChI is InChI=1S/C20H17F3N2OS/c1-13-5-3-8-17(9-13)26-18-10-14(2)24-19(25-18)27-12-15-6-4-7-16(11-15)20(21,22)23/h3-11H,12H2,1-2H3.